The van der Waals surface area contributed by atoms with Crippen molar-refractivity contribution in [2.45, 2.75) is 25.2 Å². The van der Waals surface area contributed by atoms with Crippen LogP contribution in [0.4, 0.5) is 0 Å². The minimum Gasteiger partial charge on any atom is -0.497 e. The van der Waals surface area contributed by atoms with Crippen LogP contribution in [0, 0.1) is 11.8 Å². The fourth-order valence-electron chi connectivity index (χ4n) is 4.26. The van der Waals surface area contributed by atoms with Gasteiger partial charge in [0.15, 0.2) is 0 Å². The molecule has 4 rings (SSSR count). The second-order valence-corrected chi connectivity index (χ2v) is 6.78. The van der Waals surface area contributed by atoms with Gasteiger partial charge in [0.2, 0.25) is 0 Å². The molecule has 2 aliphatic rings. The first-order valence-electron chi connectivity index (χ1n) is 8.73. The molecule has 3 atom stereocenters. The van der Waals surface area contributed by atoms with Crippen molar-refractivity contribution < 1.29 is 9.53 Å². The van der Waals surface area contributed by atoms with Gasteiger partial charge >= 0.3 is 0 Å². The summed E-state index contributed by atoms with van der Waals surface area (Å²) in [6.07, 6.45) is 5.49. The van der Waals surface area contributed by atoms with Crippen molar-refractivity contribution in [3.63, 3.8) is 0 Å². The first kappa shape index (κ1) is 15.2. The molecule has 24 heavy (non-hydrogen) atoms. The lowest BCUT2D eigenvalue weighted by atomic mass is 9.64. The summed E-state index contributed by atoms with van der Waals surface area (Å²) in [6, 6.07) is 18.6. The summed E-state index contributed by atoms with van der Waals surface area (Å²) in [5, 5.41) is 0. The first-order chi connectivity index (χ1) is 11.8. The standard InChI is InChI=1S/C22H22O2/c1-24-17-12-10-16(11-13-17)21-14-20(15-6-3-2-4-7-15)18-8-5-9-19(21)22(18)23/h2-4,6-7,10-14,18-19,21H,5,8-9H2,1H3. The van der Waals surface area contributed by atoms with E-state index in [1.54, 1.807) is 7.11 Å². The number of carbonyl (C=O) groups excluding carboxylic acids is 1. The van der Waals surface area contributed by atoms with E-state index in [0.717, 1.165) is 25.0 Å². The molecule has 2 bridgehead atoms. The number of allylic oxidation sites excluding steroid dienone is 2. The second kappa shape index (κ2) is 6.27. The van der Waals surface area contributed by atoms with Crippen LogP contribution < -0.4 is 4.74 Å². The van der Waals surface area contributed by atoms with Gasteiger partial charge in [0.25, 0.3) is 0 Å². The molecule has 122 valence electrons. The molecule has 2 heteroatoms. The molecule has 2 aromatic rings. The Balaban J connectivity index is 1.79. The highest BCUT2D eigenvalue weighted by molar-refractivity contribution is 5.98. The number of Topliss-reactive ketones (excluding diaryl/α,β-unsaturated/α-hetero) is 1. The van der Waals surface area contributed by atoms with Crippen LogP contribution in [0.5, 0.6) is 5.75 Å². The first-order valence-corrected chi connectivity index (χ1v) is 8.73. The number of ether oxygens (including phenoxy) is 1. The Morgan fingerprint density at radius 2 is 1.71 bits per heavy atom. The van der Waals surface area contributed by atoms with E-state index < -0.39 is 0 Å². The summed E-state index contributed by atoms with van der Waals surface area (Å²) < 4.78 is 5.27. The molecule has 0 aromatic heterocycles. The van der Waals surface area contributed by atoms with Gasteiger partial charge in [-0.2, -0.15) is 0 Å². The molecule has 0 heterocycles. The summed E-state index contributed by atoms with van der Waals surface area (Å²) in [5.41, 5.74) is 3.62. The maximum atomic E-state index is 13.0. The molecule has 1 fully saturated rings. The van der Waals surface area contributed by atoms with E-state index in [2.05, 4.69) is 42.5 Å². The van der Waals surface area contributed by atoms with Crippen molar-refractivity contribution in [2.24, 2.45) is 11.8 Å². The van der Waals surface area contributed by atoms with E-state index in [-0.39, 0.29) is 17.8 Å². The summed E-state index contributed by atoms with van der Waals surface area (Å²) in [4.78, 5) is 13.0. The molecule has 1 saturated carbocycles. The molecule has 0 saturated heterocycles. The highest BCUT2D eigenvalue weighted by atomic mass is 16.5. The van der Waals surface area contributed by atoms with Crippen LogP contribution in [-0.4, -0.2) is 12.9 Å². The molecule has 2 nitrogen and oxygen atoms in total. The Kier molecular flexibility index (Phi) is 3.97. The van der Waals surface area contributed by atoms with E-state index in [4.69, 9.17) is 4.74 Å². The maximum absolute atomic E-state index is 13.0. The number of ketones is 1. The van der Waals surface area contributed by atoms with E-state index in [9.17, 15) is 4.79 Å². The number of benzene rings is 2. The summed E-state index contributed by atoms with van der Waals surface area (Å²) in [5.74, 6) is 1.68. The topological polar surface area (TPSA) is 26.3 Å². The predicted molar refractivity (Wildman–Crippen MR) is 96.0 cm³/mol. The van der Waals surface area contributed by atoms with Crippen LogP contribution in [-0.2, 0) is 4.79 Å². The Morgan fingerprint density at radius 3 is 2.42 bits per heavy atom. The Hall–Kier alpha value is -2.35. The van der Waals surface area contributed by atoms with Crippen molar-refractivity contribution >= 4 is 11.4 Å². The lowest BCUT2D eigenvalue weighted by Crippen LogP contribution is -2.36. The van der Waals surface area contributed by atoms with Crippen LogP contribution in [0.2, 0.25) is 0 Å². The highest BCUT2D eigenvalue weighted by Gasteiger charge is 2.42. The fraction of sp³-hybridized carbons (Fsp3) is 0.318. The Bertz CT molecular complexity index is 758. The van der Waals surface area contributed by atoms with E-state index >= 15 is 0 Å². The lowest BCUT2D eigenvalue weighted by Gasteiger charge is -2.38. The monoisotopic (exact) mass is 318 g/mol. The minimum atomic E-state index is 0.0839. The third-order valence-electron chi connectivity index (χ3n) is 5.49. The van der Waals surface area contributed by atoms with Crippen LogP contribution in [0.15, 0.2) is 60.7 Å². The van der Waals surface area contributed by atoms with Gasteiger partial charge in [0, 0.05) is 17.8 Å². The third-order valence-corrected chi connectivity index (χ3v) is 5.49. The molecule has 2 aliphatic carbocycles. The number of methoxy groups -OCH3 is 1. The number of hydrogen-bond donors (Lipinski definition) is 0. The average molecular weight is 318 g/mol. The van der Waals surface area contributed by atoms with Gasteiger partial charge in [-0.25, -0.2) is 0 Å². The van der Waals surface area contributed by atoms with Crippen molar-refractivity contribution in [2.75, 3.05) is 7.11 Å². The van der Waals surface area contributed by atoms with Crippen LogP contribution in [0.3, 0.4) is 0 Å². The van der Waals surface area contributed by atoms with Crippen LogP contribution >= 0.6 is 0 Å². The second-order valence-electron chi connectivity index (χ2n) is 6.78. The van der Waals surface area contributed by atoms with Gasteiger partial charge < -0.3 is 4.74 Å². The van der Waals surface area contributed by atoms with Gasteiger partial charge in [-0.1, -0.05) is 55.0 Å². The normalized spacial score (nSPS) is 26.0. The van der Waals surface area contributed by atoms with E-state index in [0.29, 0.717) is 5.78 Å². The summed E-state index contributed by atoms with van der Waals surface area (Å²) in [6.45, 7) is 0. The molecule has 0 radical (unpaired) electrons. The van der Waals surface area contributed by atoms with Gasteiger partial charge in [-0.05, 0) is 41.7 Å². The Labute approximate surface area is 143 Å². The van der Waals surface area contributed by atoms with Crippen molar-refractivity contribution in [1.82, 2.24) is 0 Å². The van der Waals surface area contributed by atoms with Crippen LogP contribution in [0.1, 0.15) is 36.3 Å². The molecule has 0 N–H and O–H groups in total. The zero-order valence-corrected chi connectivity index (χ0v) is 13.9. The average Bonchev–Trinajstić information content (AvgIpc) is 2.63. The van der Waals surface area contributed by atoms with E-state index in [1.807, 2.05) is 18.2 Å². The zero-order valence-electron chi connectivity index (χ0n) is 13.9. The summed E-state index contributed by atoms with van der Waals surface area (Å²) in [7, 11) is 1.68. The number of rotatable bonds is 3. The van der Waals surface area contributed by atoms with Crippen molar-refractivity contribution in [3.8, 4) is 5.75 Å². The zero-order chi connectivity index (χ0) is 16.5. The van der Waals surface area contributed by atoms with Gasteiger partial charge in [0.05, 0.1) is 7.11 Å². The van der Waals surface area contributed by atoms with Gasteiger partial charge in [0.1, 0.15) is 11.5 Å². The molecule has 0 aliphatic heterocycles. The lowest BCUT2D eigenvalue weighted by molar-refractivity contribution is -0.128. The van der Waals surface area contributed by atoms with Gasteiger partial charge in [-0.15, -0.1) is 0 Å². The van der Waals surface area contributed by atoms with Gasteiger partial charge in [-0.3, -0.25) is 4.79 Å². The van der Waals surface area contributed by atoms with E-state index in [1.165, 1.54) is 16.7 Å². The predicted octanol–water partition coefficient (Wildman–Crippen LogP) is 4.86. The van der Waals surface area contributed by atoms with Crippen molar-refractivity contribution in [1.29, 1.82) is 0 Å². The number of fused-ring (bicyclic) bond motifs is 2. The molecule has 2 aromatic carbocycles. The van der Waals surface area contributed by atoms with Crippen LogP contribution in [0.25, 0.3) is 5.57 Å². The molecular weight excluding hydrogens is 296 g/mol. The van der Waals surface area contributed by atoms with Crippen molar-refractivity contribution in [3.05, 3.63) is 71.8 Å². The molecule has 0 spiro atoms. The largest absolute Gasteiger partial charge is 0.497 e. The quantitative estimate of drug-likeness (QED) is 0.807. The number of carbonyl (C=O) groups is 1. The molecular formula is C22H22O2. The summed E-state index contributed by atoms with van der Waals surface area (Å²) >= 11 is 0. The fourth-order valence-corrected chi connectivity index (χ4v) is 4.26. The maximum Gasteiger partial charge on any atom is 0.144 e. The Morgan fingerprint density at radius 1 is 0.958 bits per heavy atom. The number of hydrogen-bond acceptors (Lipinski definition) is 2. The molecule has 0 amide bonds. The SMILES string of the molecule is COc1ccc(C2C=C(c3ccccc3)C3CCCC2C3=O)cc1. The molecule has 3 unspecified atom stereocenters. The minimum absolute atomic E-state index is 0.0839. The highest BCUT2D eigenvalue weighted by Crippen LogP contribution is 2.47. The smallest absolute Gasteiger partial charge is 0.144 e. The third kappa shape index (κ3) is 2.56.